The van der Waals surface area contributed by atoms with Gasteiger partial charge in [-0.15, -0.1) is 0 Å². The minimum absolute atomic E-state index is 0. The molecule has 0 saturated heterocycles. The van der Waals surface area contributed by atoms with E-state index in [0.717, 1.165) is 12.3 Å². The average Bonchev–Trinajstić information content (AvgIpc) is 1.85. The van der Waals surface area contributed by atoms with Crippen LogP contribution in [0.3, 0.4) is 0 Å². The normalized spacial score (nSPS) is 36.3. The van der Waals surface area contributed by atoms with Gasteiger partial charge >= 0.3 is 0 Å². The Bertz CT molecular complexity index is 75.0. The van der Waals surface area contributed by atoms with E-state index in [1.807, 2.05) is 0 Å². The van der Waals surface area contributed by atoms with E-state index in [-0.39, 0.29) is 32.7 Å². The van der Waals surface area contributed by atoms with Gasteiger partial charge in [0.05, 0.1) is 0 Å². The first-order chi connectivity index (χ1) is 3.70. The fourth-order valence-corrected chi connectivity index (χ4v) is 1.35. The minimum Gasteiger partial charge on any atom is -0.330 e. The molecule has 0 amide bonds. The molecule has 1 saturated carbocycles. The maximum absolute atomic E-state index is 5.69. The van der Waals surface area contributed by atoms with Crippen LogP contribution in [0.2, 0.25) is 0 Å². The summed E-state index contributed by atoms with van der Waals surface area (Å²) in [5.41, 5.74) is 5.69. The molecule has 1 nitrogen and oxygen atoms in total. The molecule has 1 aliphatic carbocycles. The van der Waals surface area contributed by atoms with Gasteiger partial charge in [0.1, 0.15) is 0 Å². The van der Waals surface area contributed by atoms with Gasteiger partial charge in [0, 0.05) is 32.7 Å². The molecular weight excluding hydrogens is 187 g/mol. The van der Waals surface area contributed by atoms with Gasteiger partial charge in [-0.05, 0) is 6.04 Å². The first kappa shape index (κ1) is 10.1. The van der Waals surface area contributed by atoms with E-state index in [1.165, 1.54) is 6.42 Å². The van der Waals surface area contributed by atoms with Crippen molar-refractivity contribution in [3.8, 4) is 0 Å². The van der Waals surface area contributed by atoms with E-state index in [0.29, 0.717) is 6.04 Å². The second-order valence-corrected chi connectivity index (χ2v) is 2.95. The van der Waals surface area contributed by atoms with E-state index in [4.69, 9.17) is 5.73 Å². The van der Waals surface area contributed by atoms with Gasteiger partial charge in [-0.1, -0.05) is 13.3 Å². The predicted molar refractivity (Wildman–Crippen MR) is 35.3 cm³/mol. The molecule has 2 heteroatoms. The Kier molecular flexibility index (Phi) is 4.53. The molecule has 2 atom stereocenters. The summed E-state index contributed by atoms with van der Waals surface area (Å²) in [6, 6.07) is 0.463. The molecule has 2 N–H and O–H groups in total. The third kappa shape index (κ3) is 2.65. The quantitative estimate of drug-likeness (QED) is 0.588. The molecule has 1 radical (unpaired) electrons. The zero-order valence-corrected chi connectivity index (χ0v) is 9.06. The molecule has 51 valence electrons. The van der Waals surface area contributed by atoms with E-state index in [2.05, 4.69) is 13.8 Å². The first-order valence-corrected chi connectivity index (χ1v) is 3.28. The van der Waals surface area contributed by atoms with Crippen molar-refractivity contribution in [3.63, 3.8) is 0 Å². The molecule has 1 fully saturated rings. The Hall–Kier alpha value is 1.06. The SMILES string of the molecule is C[C-]1C[C@@H](N)C[C@H]1C.[Y]. The van der Waals surface area contributed by atoms with Crippen LogP contribution in [0.1, 0.15) is 26.7 Å². The van der Waals surface area contributed by atoms with Gasteiger partial charge in [0.2, 0.25) is 0 Å². The predicted octanol–water partition coefficient (Wildman–Crippen LogP) is 1.34. The van der Waals surface area contributed by atoms with Crippen molar-refractivity contribution in [2.75, 3.05) is 0 Å². The van der Waals surface area contributed by atoms with Crippen molar-refractivity contribution in [2.24, 2.45) is 11.7 Å². The number of hydrogen-bond donors (Lipinski definition) is 1. The monoisotopic (exact) mass is 201 g/mol. The zero-order valence-electron chi connectivity index (χ0n) is 6.22. The summed E-state index contributed by atoms with van der Waals surface area (Å²) in [5.74, 6) is 2.36. The Labute approximate surface area is 82.6 Å². The minimum atomic E-state index is 0. The van der Waals surface area contributed by atoms with Crippen molar-refractivity contribution in [2.45, 2.75) is 32.7 Å². The van der Waals surface area contributed by atoms with E-state index >= 15 is 0 Å². The van der Waals surface area contributed by atoms with E-state index < -0.39 is 0 Å². The maximum atomic E-state index is 5.69. The van der Waals surface area contributed by atoms with Crippen LogP contribution in [0.4, 0.5) is 0 Å². The molecular formula is C7H14NY-. The molecule has 1 rings (SSSR count). The van der Waals surface area contributed by atoms with Gasteiger partial charge in [0.25, 0.3) is 0 Å². The van der Waals surface area contributed by atoms with Crippen LogP contribution < -0.4 is 5.73 Å². The van der Waals surface area contributed by atoms with Gasteiger partial charge in [-0.2, -0.15) is 19.3 Å². The molecule has 0 spiro atoms. The Morgan fingerprint density at radius 3 is 2.22 bits per heavy atom. The van der Waals surface area contributed by atoms with Crippen LogP contribution in [-0.4, -0.2) is 6.04 Å². The fourth-order valence-electron chi connectivity index (χ4n) is 1.35. The third-order valence-electron chi connectivity index (χ3n) is 2.08. The van der Waals surface area contributed by atoms with Crippen molar-refractivity contribution < 1.29 is 32.7 Å². The molecule has 0 unspecified atom stereocenters. The van der Waals surface area contributed by atoms with E-state index in [9.17, 15) is 0 Å². The van der Waals surface area contributed by atoms with Crippen LogP contribution >= 0.6 is 0 Å². The summed E-state index contributed by atoms with van der Waals surface area (Å²) in [4.78, 5) is 0. The van der Waals surface area contributed by atoms with Crippen molar-refractivity contribution in [3.05, 3.63) is 5.92 Å². The standard InChI is InChI=1S/C7H14N.Y/c1-5-3-7(8)4-6(5)2;/h5,7H,3-4,8H2,1-2H3;/q-1;/t5-,7+;/m1./s1. The van der Waals surface area contributed by atoms with Crippen molar-refractivity contribution in [1.82, 2.24) is 0 Å². The Morgan fingerprint density at radius 1 is 1.56 bits per heavy atom. The molecule has 0 aliphatic heterocycles. The summed E-state index contributed by atoms with van der Waals surface area (Å²) in [5, 5.41) is 0. The Balaban J connectivity index is 0.000000640. The molecule has 0 aromatic rings. The molecule has 9 heavy (non-hydrogen) atoms. The molecule has 1 aliphatic rings. The first-order valence-electron chi connectivity index (χ1n) is 3.28. The van der Waals surface area contributed by atoms with Crippen LogP contribution in [0.5, 0.6) is 0 Å². The van der Waals surface area contributed by atoms with Crippen LogP contribution in [-0.2, 0) is 32.7 Å². The average molecular weight is 201 g/mol. The smallest absolute Gasteiger partial charge is 0 e. The third-order valence-corrected chi connectivity index (χ3v) is 2.08. The number of nitrogens with two attached hydrogens (primary N) is 1. The second-order valence-electron chi connectivity index (χ2n) is 2.95. The van der Waals surface area contributed by atoms with Gasteiger partial charge in [0.15, 0.2) is 0 Å². The summed E-state index contributed by atoms with van der Waals surface area (Å²) < 4.78 is 0. The van der Waals surface area contributed by atoms with Gasteiger partial charge in [-0.3, -0.25) is 0 Å². The van der Waals surface area contributed by atoms with Gasteiger partial charge < -0.3 is 11.7 Å². The van der Waals surface area contributed by atoms with E-state index in [1.54, 1.807) is 5.92 Å². The van der Waals surface area contributed by atoms with Crippen LogP contribution in [0.15, 0.2) is 0 Å². The largest absolute Gasteiger partial charge is 0.330 e. The molecule has 0 bridgehead atoms. The summed E-state index contributed by atoms with van der Waals surface area (Å²) in [6.07, 6.45) is 2.35. The van der Waals surface area contributed by atoms with Crippen LogP contribution in [0.25, 0.3) is 0 Å². The fraction of sp³-hybridized carbons (Fsp3) is 0.857. The summed E-state index contributed by atoms with van der Waals surface area (Å²) >= 11 is 0. The Morgan fingerprint density at radius 2 is 2.11 bits per heavy atom. The van der Waals surface area contributed by atoms with Crippen molar-refractivity contribution >= 4 is 0 Å². The number of rotatable bonds is 0. The zero-order chi connectivity index (χ0) is 6.15. The maximum Gasteiger partial charge on any atom is 0 e. The topological polar surface area (TPSA) is 26.0 Å². The van der Waals surface area contributed by atoms with Gasteiger partial charge in [-0.25, -0.2) is 0 Å². The molecule has 0 heterocycles. The second kappa shape index (κ2) is 4.05. The van der Waals surface area contributed by atoms with Crippen LogP contribution in [0, 0.1) is 11.8 Å². The molecule has 0 aromatic heterocycles. The summed E-state index contributed by atoms with van der Waals surface area (Å²) in [7, 11) is 0. The molecule has 0 aromatic carbocycles. The summed E-state index contributed by atoms with van der Waals surface area (Å²) in [6.45, 7) is 4.46. The van der Waals surface area contributed by atoms with Crippen molar-refractivity contribution in [1.29, 1.82) is 0 Å². The number of hydrogen-bond acceptors (Lipinski definition) is 1.